The van der Waals surface area contributed by atoms with Crippen LogP contribution in [0, 0.1) is 0 Å². The molecule has 0 aliphatic carbocycles. The van der Waals surface area contributed by atoms with Gasteiger partial charge >= 0.3 is 0 Å². The number of carbonyl (C=O) groups is 1. The van der Waals surface area contributed by atoms with Gasteiger partial charge in [0.25, 0.3) is 0 Å². The predicted octanol–water partition coefficient (Wildman–Crippen LogP) is 2.11. The maximum Gasteiger partial charge on any atom is 0.231 e. The highest BCUT2D eigenvalue weighted by atomic mass is 16.5. The number of hydrogen-bond acceptors (Lipinski definition) is 5. The minimum Gasteiger partial charge on any atom is -0.342 e. The molecule has 1 aliphatic rings. The predicted molar refractivity (Wildman–Crippen MR) is 82.7 cm³/mol. The van der Waals surface area contributed by atoms with Gasteiger partial charge in [-0.3, -0.25) is 4.79 Å². The number of hydrogen-bond donors (Lipinski definition) is 0. The fraction of sp³-hybridized carbons (Fsp3) is 0.375. The van der Waals surface area contributed by atoms with E-state index < -0.39 is 0 Å². The van der Waals surface area contributed by atoms with Crippen LogP contribution in [0.25, 0.3) is 17.2 Å². The van der Waals surface area contributed by atoms with Crippen LogP contribution in [-0.2, 0) is 4.79 Å². The molecule has 3 aromatic heterocycles. The van der Waals surface area contributed by atoms with Gasteiger partial charge in [0.1, 0.15) is 11.3 Å². The van der Waals surface area contributed by atoms with Crippen LogP contribution in [0.3, 0.4) is 0 Å². The topological polar surface area (TPSA) is 76.5 Å². The first-order valence-electron chi connectivity index (χ1n) is 7.74. The highest BCUT2D eigenvalue weighted by Gasteiger charge is 2.27. The highest BCUT2D eigenvalue weighted by molar-refractivity contribution is 5.73. The van der Waals surface area contributed by atoms with Crippen LogP contribution >= 0.6 is 0 Å². The van der Waals surface area contributed by atoms with Crippen molar-refractivity contribution in [2.75, 3.05) is 13.1 Å². The number of carbonyl (C=O) groups excluding carboxylic acids is 1. The van der Waals surface area contributed by atoms with E-state index in [1.165, 1.54) is 0 Å². The van der Waals surface area contributed by atoms with Gasteiger partial charge in [0, 0.05) is 32.4 Å². The standard InChI is InChI=1S/C16H17N5O2/c1-11(22)20-8-4-5-12(9-20)16-18-15(19-23-16)13-10-21-7-3-2-6-14(21)17-13/h2-3,6-7,10,12H,4-5,8-9H2,1H3/t12-/m1/s1. The second-order valence-electron chi connectivity index (χ2n) is 5.85. The van der Waals surface area contributed by atoms with Crippen molar-refractivity contribution in [3.05, 3.63) is 36.5 Å². The van der Waals surface area contributed by atoms with Crippen molar-refractivity contribution < 1.29 is 9.32 Å². The zero-order valence-corrected chi connectivity index (χ0v) is 12.8. The lowest BCUT2D eigenvalue weighted by Crippen LogP contribution is -2.37. The smallest absolute Gasteiger partial charge is 0.231 e. The lowest BCUT2D eigenvalue weighted by atomic mass is 9.98. The van der Waals surface area contributed by atoms with Gasteiger partial charge in [-0.25, -0.2) is 4.98 Å². The normalized spacial score (nSPS) is 18.5. The quantitative estimate of drug-likeness (QED) is 0.724. The van der Waals surface area contributed by atoms with Gasteiger partial charge in [-0.2, -0.15) is 4.98 Å². The molecule has 0 bridgehead atoms. The fourth-order valence-corrected chi connectivity index (χ4v) is 3.01. The van der Waals surface area contributed by atoms with Crippen LogP contribution in [0.4, 0.5) is 0 Å². The number of nitrogens with zero attached hydrogens (tertiary/aromatic N) is 5. The molecule has 1 aliphatic heterocycles. The highest BCUT2D eigenvalue weighted by Crippen LogP contribution is 2.27. The number of pyridine rings is 1. The number of amides is 1. The van der Waals surface area contributed by atoms with Crippen LogP contribution in [-0.4, -0.2) is 43.4 Å². The molecule has 0 unspecified atom stereocenters. The summed E-state index contributed by atoms with van der Waals surface area (Å²) in [5, 5.41) is 4.06. The molecule has 0 spiro atoms. The van der Waals surface area contributed by atoms with Crippen LogP contribution < -0.4 is 0 Å². The molecular formula is C16H17N5O2. The average molecular weight is 311 g/mol. The molecule has 1 amide bonds. The number of aromatic nitrogens is 4. The lowest BCUT2D eigenvalue weighted by Gasteiger charge is -2.29. The summed E-state index contributed by atoms with van der Waals surface area (Å²) >= 11 is 0. The molecule has 4 rings (SSSR count). The van der Waals surface area contributed by atoms with Gasteiger partial charge in [-0.05, 0) is 25.0 Å². The van der Waals surface area contributed by atoms with Gasteiger partial charge in [0.05, 0.1) is 5.92 Å². The Hall–Kier alpha value is -2.70. The Morgan fingerprint density at radius 1 is 1.35 bits per heavy atom. The van der Waals surface area contributed by atoms with Gasteiger partial charge < -0.3 is 13.8 Å². The van der Waals surface area contributed by atoms with E-state index in [0.29, 0.717) is 24.0 Å². The van der Waals surface area contributed by atoms with Crippen LogP contribution in [0.5, 0.6) is 0 Å². The Morgan fingerprint density at radius 2 is 2.26 bits per heavy atom. The first-order valence-corrected chi connectivity index (χ1v) is 7.74. The number of imidazole rings is 1. The number of rotatable bonds is 2. The monoisotopic (exact) mass is 311 g/mol. The number of likely N-dealkylation sites (tertiary alicyclic amines) is 1. The third-order valence-corrected chi connectivity index (χ3v) is 4.25. The third-order valence-electron chi connectivity index (χ3n) is 4.25. The van der Waals surface area contributed by atoms with Crippen molar-refractivity contribution in [3.8, 4) is 11.5 Å². The van der Waals surface area contributed by atoms with Crippen LogP contribution in [0.15, 0.2) is 35.1 Å². The van der Waals surface area contributed by atoms with Crippen molar-refractivity contribution in [3.63, 3.8) is 0 Å². The lowest BCUT2D eigenvalue weighted by molar-refractivity contribution is -0.130. The second-order valence-corrected chi connectivity index (χ2v) is 5.85. The summed E-state index contributed by atoms with van der Waals surface area (Å²) in [5.41, 5.74) is 1.53. The minimum absolute atomic E-state index is 0.0924. The van der Waals surface area contributed by atoms with Gasteiger partial charge in [0.2, 0.25) is 17.6 Å². The molecule has 0 aromatic carbocycles. The second kappa shape index (κ2) is 5.49. The van der Waals surface area contributed by atoms with Crippen molar-refractivity contribution in [2.24, 2.45) is 0 Å². The van der Waals surface area contributed by atoms with Gasteiger partial charge in [-0.15, -0.1) is 0 Å². The Morgan fingerprint density at radius 3 is 3.09 bits per heavy atom. The van der Waals surface area contributed by atoms with Crippen LogP contribution in [0.2, 0.25) is 0 Å². The third kappa shape index (κ3) is 2.58. The molecule has 3 aromatic rings. The van der Waals surface area contributed by atoms with Crippen LogP contribution in [0.1, 0.15) is 31.6 Å². The Balaban J connectivity index is 1.60. The maximum atomic E-state index is 11.5. The van der Waals surface area contributed by atoms with E-state index in [2.05, 4.69) is 15.1 Å². The zero-order chi connectivity index (χ0) is 15.8. The molecule has 4 heterocycles. The Bertz CT molecular complexity index is 820. The summed E-state index contributed by atoms with van der Waals surface area (Å²) in [6.45, 7) is 3.04. The van der Waals surface area contributed by atoms with E-state index in [1.54, 1.807) is 6.92 Å². The molecule has 0 N–H and O–H groups in total. The maximum absolute atomic E-state index is 11.5. The number of fused-ring (bicyclic) bond motifs is 1. The van der Waals surface area contributed by atoms with Gasteiger partial charge in [-0.1, -0.05) is 11.2 Å². The first kappa shape index (κ1) is 13.9. The van der Waals surface area contributed by atoms with Gasteiger partial charge in [0.15, 0.2) is 0 Å². The molecule has 7 heteroatoms. The molecule has 1 atom stereocenters. The summed E-state index contributed by atoms with van der Waals surface area (Å²) in [5.74, 6) is 1.27. The van der Waals surface area contributed by atoms with Crippen molar-refractivity contribution in [1.82, 2.24) is 24.4 Å². The largest absolute Gasteiger partial charge is 0.342 e. The van der Waals surface area contributed by atoms with Crippen molar-refractivity contribution >= 4 is 11.6 Å². The summed E-state index contributed by atoms with van der Waals surface area (Å²) in [4.78, 5) is 22.4. The van der Waals surface area contributed by atoms with E-state index in [4.69, 9.17) is 4.52 Å². The van der Waals surface area contributed by atoms with Crippen molar-refractivity contribution in [1.29, 1.82) is 0 Å². The first-order chi connectivity index (χ1) is 11.2. The van der Waals surface area contributed by atoms with E-state index in [1.807, 2.05) is 39.9 Å². The molecule has 1 fully saturated rings. The average Bonchev–Trinajstić information content (AvgIpc) is 3.21. The summed E-state index contributed by atoms with van der Waals surface area (Å²) in [7, 11) is 0. The summed E-state index contributed by atoms with van der Waals surface area (Å²) in [6, 6.07) is 5.81. The molecule has 7 nitrogen and oxygen atoms in total. The molecule has 118 valence electrons. The minimum atomic E-state index is 0.0924. The molecule has 0 radical (unpaired) electrons. The van der Waals surface area contributed by atoms with E-state index in [0.717, 1.165) is 25.0 Å². The van der Waals surface area contributed by atoms with Crippen molar-refractivity contribution in [2.45, 2.75) is 25.7 Å². The number of piperidine rings is 1. The van der Waals surface area contributed by atoms with E-state index >= 15 is 0 Å². The summed E-state index contributed by atoms with van der Waals surface area (Å²) < 4.78 is 7.35. The molecule has 23 heavy (non-hydrogen) atoms. The van der Waals surface area contributed by atoms with E-state index in [-0.39, 0.29) is 11.8 Å². The Kier molecular flexibility index (Phi) is 3.33. The molecule has 1 saturated heterocycles. The molecular weight excluding hydrogens is 294 g/mol. The molecule has 0 saturated carbocycles. The SMILES string of the molecule is CC(=O)N1CCC[C@@H](c2nc(-c3cn4ccccc4n3)no2)C1. The van der Waals surface area contributed by atoms with E-state index in [9.17, 15) is 4.79 Å². The fourth-order valence-electron chi connectivity index (χ4n) is 3.01. The Labute approximate surface area is 132 Å². The zero-order valence-electron chi connectivity index (χ0n) is 12.8. The summed E-state index contributed by atoms with van der Waals surface area (Å²) in [6.07, 6.45) is 5.72.